The lowest BCUT2D eigenvalue weighted by Crippen LogP contribution is -2.39. The van der Waals surface area contributed by atoms with Crippen LogP contribution in [-0.4, -0.2) is 34.1 Å². The van der Waals surface area contributed by atoms with E-state index in [-0.39, 0.29) is 11.8 Å². The van der Waals surface area contributed by atoms with Crippen molar-refractivity contribution in [1.82, 2.24) is 15.1 Å². The molecule has 1 N–H and O–H groups in total. The summed E-state index contributed by atoms with van der Waals surface area (Å²) in [7, 11) is 0. The maximum Gasteiger partial charge on any atom is 0.435 e. The molecule has 22 heavy (non-hydrogen) atoms. The van der Waals surface area contributed by atoms with Gasteiger partial charge in [-0.05, 0) is 30.4 Å². The van der Waals surface area contributed by atoms with Gasteiger partial charge in [-0.15, -0.1) is 0 Å². The minimum atomic E-state index is -4.45. The van der Waals surface area contributed by atoms with E-state index in [4.69, 9.17) is 0 Å². The van der Waals surface area contributed by atoms with Gasteiger partial charge in [-0.3, -0.25) is 9.89 Å². The fraction of sp³-hybridized carbons (Fsp3) is 0.429. The molecule has 3 rings (SSSR count). The number of thiophene rings is 1. The number of likely N-dealkylation sites (tertiary alicyclic amines) is 1. The van der Waals surface area contributed by atoms with Crippen molar-refractivity contribution < 1.29 is 18.0 Å². The normalized spacial score (nSPS) is 19.4. The Hall–Kier alpha value is -1.83. The van der Waals surface area contributed by atoms with Crippen molar-refractivity contribution in [1.29, 1.82) is 0 Å². The molecule has 0 aromatic carbocycles. The number of H-pyrrole nitrogens is 1. The van der Waals surface area contributed by atoms with E-state index in [0.717, 1.165) is 18.9 Å². The van der Waals surface area contributed by atoms with Crippen LogP contribution in [-0.2, 0) is 6.18 Å². The van der Waals surface area contributed by atoms with E-state index >= 15 is 0 Å². The third kappa shape index (κ3) is 3.01. The van der Waals surface area contributed by atoms with Gasteiger partial charge in [-0.25, -0.2) is 0 Å². The van der Waals surface area contributed by atoms with Crippen molar-refractivity contribution in [3.05, 3.63) is 39.8 Å². The highest BCUT2D eigenvalue weighted by Crippen LogP contribution is 2.32. The molecule has 0 bridgehead atoms. The Kier molecular flexibility index (Phi) is 3.94. The predicted molar refractivity (Wildman–Crippen MR) is 75.8 cm³/mol. The fourth-order valence-corrected chi connectivity index (χ4v) is 3.30. The van der Waals surface area contributed by atoms with Crippen LogP contribution in [0.15, 0.2) is 22.9 Å². The van der Waals surface area contributed by atoms with Gasteiger partial charge >= 0.3 is 6.18 Å². The average Bonchev–Trinajstić information content (AvgIpc) is 3.17. The Bertz CT molecular complexity index is 651. The smallest absolute Gasteiger partial charge is 0.338 e. The monoisotopic (exact) mass is 329 g/mol. The molecule has 8 heteroatoms. The molecule has 1 fully saturated rings. The predicted octanol–water partition coefficient (Wildman–Crippen LogP) is 3.51. The number of alkyl halides is 3. The lowest BCUT2D eigenvalue weighted by molar-refractivity contribution is -0.141. The largest absolute Gasteiger partial charge is 0.435 e. The number of piperidine rings is 1. The summed E-state index contributed by atoms with van der Waals surface area (Å²) in [5.74, 6) is -0.207. The van der Waals surface area contributed by atoms with Crippen molar-refractivity contribution >= 4 is 17.2 Å². The van der Waals surface area contributed by atoms with Crippen molar-refractivity contribution in [3.63, 3.8) is 0 Å². The third-order valence-corrected chi connectivity index (χ3v) is 4.49. The maximum atomic E-state index is 12.6. The zero-order chi connectivity index (χ0) is 15.7. The van der Waals surface area contributed by atoms with E-state index in [2.05, 4.69) is 10.2 Å². The molecule has 1 aliphatic heterocycles. The Morgan fingerprint density at radius 1 is 1.45 bits per heavy atom. The van der Waals surface area contributed by atoms with Crippen molar-refractivity contribution in [2.24, 2.45) is 0 Å². The second-order valence-corrected chi connectivity index (χ2v) is 6.09. The first-order chi connectivity index (χ1) is 10.4. The Morgan fingerprint density at radius 2 is 2.27 bits per heavy atom. The number of hydrogen-bond donors (Lipinski definition) is 1. The summed E-state index contributed by atoms with van der Waals surface area (Å²) >= 11 is 1.45. The van der Waals surface area contributed by atoms with E-state index < -0.39 is 11.9 Å². The summed E-state index contributed by atoms with van der Waals surface area (Å²) in [5.41, 5.74) is 0.158. The lowest BCUT2D eigenvalue weighted by atomic mass is 9.94. The molecule has 0 saturated carbocycles. The highest BCUT2D eigenvalue weighted by Gasteiger charge is 2.35. The van der Waals surface area contributed by atoms with Crippen molar-refractivity contribution in [2.45, 2.75) is 24.9 Å². The molecule has 4 nitrogen and oxygen atoms in total. The van der Waals surface area contributed by atoms with E-state index in [1.54, 1.807) is 16.3 Å². The average molecular weight is 329 g/mol. The zero-order valence-electron chi connectivity index (χ0n) is 11.6. The second-order valence-electron chi connectivity index (χ2n) is 5.31. The molecule has 118 valence electrons. The van der Waals surface area contributed by atoms with Crippen LogP contribution >= 0.6 is 11.3 Å². The Morgan fingerprint density at radius 3 is 2.91 bits per heavy atom. The number of amides is 1. The molecule has 0 radical (unpaired) electrons. The van der Waals surface area contributed by atoms with Crippen LogP contribution in [0.2, 0.25) is 0 Å². The molecule has 2 aromatic rings. The van der Waals surface area contributed by atoms with Gasteiger partial charge < -0.3 is 4.90 Å². The molecule has 0 aliphatic carbocycles. The maximum absolute atomic E-state index is 12.6. The van der Waals surface area contributed by atoms with Crippen LogP contribution in [0.1, 0.15) is 40.5 Å². The van der Waals surface area contributed by atoms with Gasteiger partial charge in [0.2, 0.25) is 0 Å². The molecule has 1 amide bonds. The summed E-state index contributed by atoms with van der Waals surface area (Å²) in [6, 6.07) is 2.80. The number of aromatic nitrogens is 2. The van der Waals surface area contributed by atoms with Crippen LogP contribution in [0, 0.1) is 0 Å². The summed E-state index contributed by atoms with van der Waals surface area (Å²) in [6.45, 7) is 1.04. The summed E-state index contributed by atoms with van der Waals surface area (Å²) in [4.78, 5) is 14.0. The number of nitrogens with zero attached hydrogens (tertiary/aromatic N) is 2. The highest BCUT2D eigenvalue weighted by atomic mass is 32.1. The topological polar surface area (TPSA) is 49.0 Å². The Labute approximate surface area is 128 Å². The zero-order valence-corrected chi connectivity index (χ0v) is 12.4. The molecule has 2 aromatic heterocycles. The number of carbonyl (C=O) groups excluding carboxylic acids is 1. The number of rotatable bonds is 2. The summed E-state index contributed by atoms with van der Waals surface area (Å²) < 4.78 is 37.8. The first-order valence-electron chi connectivity index (χ1n) is 6.89. The van der Waals surface area contributed by atoms with Gasteiger partial charge in [0.15, 0.2) is 5.69 Å². The first-order valence-corrected chi connectivity index (χ1v) is 7.83. The lowest BCUT2D eigenvalue weighted by Gasteiger charge is -2.32. The SMILES string of the molecule is O=C(c1ccsc1)N1CCC[C@H](c2cc(C(F)(F)F)n[nH]2)C1. The van der Waals surface area contributed by atoms with Gasteiger partial charge in [0, 0.05) is 30.1 Å². The molecular weight excluding hydrogens is 315 g/mol. The number of carbonyl (C=O) groups is 1. The molecule has 1 aliphatic rings. The molecule has 1 saturated heterocycles. The minimum Gasteiger partial charge on any atom is -0.338 e. The molecule has 1 atom stereocenters. The molecular formula is C14H14F3N3OS. The third-order valence-electron chi connectivity index (χ3n) is 3.80. The highest BCUT2D eigenvalue weighted by molar-refractivity contribution is 7.08. The van der Waals surface area contributed by atoms with Gasteiger partial charge in [-0.2, -0.15) is 29.6 Å². The quantitative estimate of drug-likeness (QED) is 0.916. The van der Waals surface area contributed by atoms with Crippen LogP contribution < -0.4 is 0 Å². The van der Waals surface area contributed by atoms with Crippen LogP contribution in [0.25, 0.3) is 0 Å². The van der Waals surface area contributed by atoms with Gasteiger partial charge in [0.25, 0.3) is 5.91 Å². The van der Waals surface area contributed by atoms with Gasteiger partial charge in [0.05, 0.1) is 5.56 Å². The summed E-state index contributed by atoms with van der Waals surface area (Å²) in [6.07, 6.45) is -2.94. The van der Waals surface area contributed by atoms with Crippen molar-refractivity contribution in [2.75, 3.05) is 13.1 Å². The number of hydrogen-bond acceptors (Lipinski definition) is 3. The number of nitrogens with one attached hydrogen (secondary N) is 1. The molecule has 0 unspecified atom stereocenters. The molecule has 0 spiro atoms. The minimum absolute atomic E-state index is 0.0680. The van der Waals surface area contributed by atoms with Crippen LogP contribution in [0.4, 0.5) is 13.2 Å². The van der Waals surface area contributed by atoms with Crippen molar-refractivity contribution in [3.8, 4) is 0 Å². The van der Waals surface area contributed by atoms with Crippen LogP contribution in [0.5, 0.6) is 0 Å². The fourth-order valence-electron chi connectivity index (χ4n) is 2.68. The van der Waals surface area contributed by atoms with E-state index in [1.807, 2.05) is 5.38 Å². The second kappa shape index (κ2) is 5.75. The van der Waals surface area contributed by atoms with Gasteiger partial charge in [-0.1, -0.05) is 0 Å². The van der Waals surface area contributed by atoms with E-state index in [9.17, 15) is 18.0 Å². The standard InChI is InChI=1S/C14H14F3N3OS/c15-14(16,17)12-6-11(18-19-12)9-2-1-4-20(7-9)13(21)10-3-5-22-8-10/h3,5-6,8-9H,1-2,4,7H2,(H,18,19)/t9-/m0/s1. The first kappa shape index (κ1) is 15.1. The summed E-state index contributed by atoms with van der Waals surface area (Å²) in [5, 5.41) is 9.42. The Balaban J connectivity index is 1.73. The van der Waals surface area contributed by atoms with Gasteiger partial charge in [0.1, 0.15) is 0 Å². The molecule has 3 heterocycles. The van der Waals surface area contributed by atoms with E-state index in [0.29, 0.717) is 24.3 Å². The number of halogens is 3. The number of aromatic amines is 1. The van der Waals surface area contributed by atoms with Crippen LogP contribution in [0.3, 0.4) is 0 Å². The van der Waals surface area contributed by atoms with E-state index in [1.165, 1.54) is 11.3 Å².